The summed E-state index contributed by atoms with van der Waals surface area (Å²) in [7, 11) is 3.90. The largest absolute Gasteiger partial charge is 0.456 e. The van der Waals surface area contributed by atoms with E-state index < -0.39 is 23.6 Å². The van der Waals surface area contributed by atoms with E-state index in [0.29, 0.717) is 18.6 Å². The number of carbonyl (C=O) groups excluding carboxylic acids is 3. The van der Waals surface area contributed by atoms with Crippen molar-refractivity contribution in [3.05, 3.63) is 0 Å². The number of carbonyl (C=O) groups is 3. The second kappa shape index (κ2) is 29.8. The van der Waals surface area contributed by atoms with Crippen LogP contribution in [0.2, 0.25) is 0 Å². The minimum atomic E-state index is -0.781. The van der Waals surface area contributed by atoms with Gasteiger partial charge >= 0.3 is 17.2 Å². The van der Waals surface area contributed by atoms with E-state index in [4.69, 9.17) is 18.9 Å². The highest BCUT2D eigenvalue weighted by Gasteiger charge is 2.43. The van der Waals surface area contributed by atoms with Gasteiger partial charge in [0.05, 0.1) is 6.61 Å². The predicted molar refractivity (Wildman–Crippen MR) is 189 cm³/mol. The van der Waals surface area contributed by atoms with Crippen LogP contribution in [0.4, 0.5) is 4.79 Å². The Morgan fingerprint density at radius 2 is 1.09 bits per heavy atom. The summed E-state index contributed by atoms with van der Waals surface area (Å²) in [6.45, 7) is 5.32. The van der Waals surface area contributed by atoms with E-state index in [2.05, 4.69) is 13.8 Å². The Hall–Kier alpha value is -1.32. The third kappa shape index (κ3) is 23.9. The van der Waals surface area contributed by atoms with Gasteiger partial charge in [-0.1, -0.05) is 136 Å². The van der Waals surface area contributed by atoms with Gasteiger partial charge in [0.2, 0.25) is 0 Å². The molecule has 0 N–H and O–H groups in total. The first-order valence-electron chi connectivity index (χ1n) is 18.8. The van der Waals surface area contributed by atoms with Crippen LogP contribution in [0.3, 0.4) is 0 Å². The van der Waals surface area contributed by atoms with Crippen LogP contribution in [0.5, 0.6) is 0 Å². The van der Waals surface area contributed by atoms with E-state index >= 15 is 0 Å². The van der Waals surface area contributed by atoms with Crippen LogP contribution in [0, 0.1) is 0 Å². The second-order valence-corrected chi connectivity index (χ2v) is 14.3. The molecule has 8 nitrogen and oxygen atoms in total. The normalized spacial score (nSPS) is 17.8. The van der Waals surface area contributed by atoms with E-state index in [1.54, 1.807) is 0 Å². The maximum absolute atomic E-state index is 12.8. The van der Waals surface area contributed by atoms with E-state index in [1.165, 1.54) is 96.3 Å². The average molecular weight is 672 g/mol. The van der Waals surface area contributed by atoms with Gasteiger partial charge < -0.3 is 23.8 Å². The fourth-order valence-electron chi connectivity index (χ4n) is 5.68. The molecule has 0 aromatic carbocycles. The molecular formula is C37H69NO7S. The monoisotopic (exact) mass is 671 g/mol. The maximum Gasteiger partial charge on any atom is 0.367 e. The standard InChI is InChI=1S/C37H69NO7S/c1-5-7-9-11-13-15-17-19-21-23-25-27-35(40)45-36-32(30-43-37(41)46-29-28-38(3)4)42-31-33(36)44-34(39)26-24-22-20-18-16-14-12-10-8-6-2/h32-33,36H,5-31H2,1-4H3/t32-,33+,36+/m1/s1. The zero-order chi connectivity index (χ0) is 33.7. The molecule has 1 fully saturated rings. The van der Waals surface area contributed by atoms with E-state index in [-0.39, 0.29) is 25.2 Å². The van der Waals surface area contributed by atoms with E-state index in [1.807, 2.05) is 19.0 Å². The molecule has 270 valence electrons. The Kier molecular flexibility index (Phi) is 27.7. The molecule has 9 heteroatoms. The smallest absolute Gasteiger partial charge is 0.367 e. The third-order valence-electron chi connectivity index (χ3n) is 8.60. The van der Waals surface area contributed by atoms with Gasteiger partial charge in [-0.2, -0.15) is 0 Å². The highest BCUT2D eigenvalue weighted by atomic mass is 32.2. The molecule has 46 heavy (non-hydrogen) atoms. The molecule has 1 aliphatic rings. The number of hydrogen-bond donors (Lipinski definition) is 0. The summed E-state index contributed by atoms with van der Waals surface area (Å²) in [4.78, 5) is 39.7. The summed E-state index contributed by atoms with van der Waals surface area (Å²) >= 11 is 1.11. The van der Waals surface area contributed by atoms with Crippen LogP contribution in [-0.4, -0.2) is 80.1 Å². The summed E-state index contributed by atoms with van der Waals surface area (Å²) in [6.07, 6.45) is 23.8. The fraction of sp³-hybridized carbons (Fsp3) is 0.919. The molecular weight excluding hydrogens is 602 g/mol. The SMILES string of the molecule is CCCCCCCCCCCCCC(=O)O[C@@H]1[C@@H](OC(=O)CCCCCCCCCCCC)CO[C@@H]1COC(=O)SCCN(C)C. The lowest BCUT2D eigenvalue weighted by molar-refractivity contribution is -0.166. The van der Waals surface area contributed by atoms with Crippen molar-refractivity contribution < 1.29 is 33.3 Å². The van der Waals surface area contributed by atoms with Crippen LogP contribution in [0.15, 0.2) is 0 Å². The topological polar surface area (TPSA) is 91.4 Å². The van der Waals surface area contributed by atoms with Gasteiger partial charge in [0, 0.05) is 25.1 Å². The number of rotatable bonds is 30. The van der Waals surface area contributed by atoms with Crippen LogP contribution >= 0.6 is 11.8 Å². The number of nitrogens with zero attached hydrogens (tertiary/aromatic N) is 1. The summed E-state index contributed by atoms with van der Waals surface area (Å²) in [5.41, 5.74) is 0. The number of esters is 2. The minimum Gasteiger partial charge on any atom is -0.456 e. The number of ether oxygens (including phenoxy) is 4. The molecule has 0 bridgehead atoms. The van der Waals surface area contributed by atoms with Crippen LogP contribution in [0.25, 0.3) is 0 Å². The lowest BCUT2D eigenvalue weighted by atomic mass is 10.1. The van der Waals surface area contributed by atoms with Crippen molar-refractivity contribution in [2.24, 2.45) is 0 Å². The summed E-state index contributed by atoms with van der Waals surface area (Å²) in [5, 5.41) is -0.391. The Morgan fingerprint density at radius 3 is 1.54 bits per heavy atom. The van der Waals surface area contributed by atoms with Gasteiger partial charge in [-0.3, -0.25) is 9.59 Å². The quantitative estimate of drug-likeness (QED) is 0.0420. The average Bonchev–Trinajstić information content (AvgIpc) is 3.39. The molecule has 0 unspecified atom stereocenters. The zero-order valence-corrected chi connectivity index (χ0v) is 30.9. The zero-order valence-electron chi connectivity index (χ0n) is 30.0. The van der Waals surface area contributed by atoms with Gasteiger partial charge in [0.25, 0.3) is 0 Å². The predicted octanol–water partition coefficient (Wildman–Crippen LogP) is 9.65. The van der Waals surface area contributed by atoms with Crippen molar-refractivity contribution in [1.29, 1.82) is 0 Å². The Bertz CT molecular complexity index is 766. The molecule has 1 aliphatic heterocycles. The van der Waals surface area contributed by atoms with Crippen molar-refractivity contribution >= 4 is 29.0 Å². The van der Waals surface area contributed by atoms with E-state index in [9.17, 15) is 14.4 Å². The van der Waals surface area contributed by atoms with Crippen LogP contribution in [-0.2, 0) is 28.5 Å². The van der Waals surface area contributed by atoms with E-state index in [0.717, 1.165) is 56.8 Å². The number of unbranched alkanes of at least 4 members (excludes halogenated alkanes) is 19. The number of thioether (sulfide) groups is 1. The van der Waals surface area contributed by atoms with Crippen LogP contribution in [0.1, 0.15) is 162 Å². The minimum absolute atomic E-state index is 0.0450. The Morgan fingerprint density at radius 1 is 0.652 bits per heavy atom. The first-order valence-corrected chi connectivity index (χ1v) is 19.8. The highest BCUT2D eigenvalue weighted by molar-refractivity contribution is 8.13. The molecule has 0 radical (unpaired) electrons. The van der Waals surface area contributed by atoms with Gasteiger partial charge in [0.1, 0.15) is 12.7 Å². The van der Waals surface area contributed by atoms with Crippen molar-refractivity contribution in [2.75, 3.05) is 39.6 Å². The second-order valence-electron chi connectivity index (χ2n) is 13.3. The molecule has 3 atom stereocenters. The first-order chi connectivity index (χ1) is 22.4. The lowest BCUT2D eigenvalue weighted by Crippen LogP contribution is -2.40. The Labute approximate surface area is 286 Å². The molecule has 1 heterocycles. The summed E-state index contributed by atoms with van der Waals surface area (Å²) < 4.78 is 22.9. The van der Waals surface area contributed by atoms with Crippen molar-refractivity contribution in [2.45, 2.75) is 180 Å². The van der Waals surface area contributed by atoms with Gasteiger partial charge in [0.15, 0.2) is 12.2 Å². The Balaban J connectivity index is 2.42. The molecule has 1 rings (SSSR count). The first kappa shape index (κ1) is 42.7. The van der Waals surface area contributed by atoms with Gasteiger partial charge in [-0.05, 0) is 38.7 Å². The van der Waals surface area contributed by atoms with Crippen molar-refractivity contribution in [3.8, 4) is 0 Å². The molecule has 0 spiro atoms. The van der Waals surface area contributed by atoms with Crippen LogP contribution < -0.4 is 0 Å². The summed E-state index contributed by atoms with van der Waals surface area (Å²) in [6, 6.07) is 0. The molecule has 0 aromatic heterocycles. The van der Waals surface area contributed by atoms with Crippen molar-refractivity contribution in [1.82, 2.24) is 4.90 Å². The lowest BCUT2D eigenvalue weighted by Gasteiger charge is -2.23. The fourth-order valence-corrected chi connectivity index (χ4v) is 6.45. The van der Waals surface area contributed by atoms with Crippen molar-refractivity contribution in [3.63, 3.8) is 0 Å². The number of hydrogen-bond acceptors (Lipinski definition) is 9. The molecule has 0 amide bonds. The summed E-state index contributed by atoms with van der Waals surface area (Å²) in [5.74, 6) is 0.00353. The maximum atomic E-state index is 12.8. The molecule has 1 saturated heterocycles. The highest BCUT2D eigenvalue weighted by Crippen LogP contribution is 2.24. The van der Waals surface area contributed by atoms with Gasteiger partial charge in [-0.15, -0.1) is 0 Å². The van der Waals surface area contributed by atoms with Gasteiger partial charge in [-0.25, -0.2) is 4.79 Å². The molecule has 0 aromatic rings. The molecule has 0 aliphatic carbocycles. The molecule has 0 saturated carbocycles. The third-order valence-corrected chi connectivity index (χ3v) is 9.34.